The molecule has 1 aromatic carbocycles. The van der Waals surface area contributed by atoms with Gasteiger partial charge in [0.25, 0.3) is 0 Å². The Balaban J connectivity index is 2.62. The first-order valence-corrected chi connectivity index (χ1v) is 8.26. The van der Waals surface area contributed by atoms with Crippen LogP contribution in [0.4, 0.5) is 0 Å². The Morgan fingerprint density at radius 3 is 2.30 bits per heavy atom. The quantitative estimate of drug-likeness (QED) is 0.807. The molecule has 0 aliphatic carbocycles. The molecule has 0 saturated heterocycles. The van der Waals surface area contributed by atoms with Gasteiger partial charge in [-0.2, -0.15) is 0 Å². The van der Waals surface area contributed by atoms with Crippen LogP contribution in [0.3, 0.4) is 0 Å². The van der Waals surface area contributed by atoms with Crippen LogP contribution in [0.15, 0.2) is 30.3 Å². The Bertz CT molecular complexity index is 551. The van der Waals surface area contributed by atoms with Gasteiger partial charge in [0.15, 0.2) is 5.12 Å². The lowest BCUT2D eigenvalue weighted by Crippen LogP contribution is -2.39. The van der Waals surface area contributed by atoms with Gasteiger partial charge < -0.3 is 10.1 Å². The smallest absolute Gasteiger partial charge is 0.325 e. The lowest BCUT2D eigenvalue weighted by Gasteiger charge is -2.20. The fourth-order valence-electron chi connectivity index (χ4n) is 1.87. The molecular formula is C17H23NO4S. The van der Waals surface area contributed by atoms with Crippen LogP contribution in [0, 0.1) is 0 Å². The van der Waals surface area contributed by atoms with E-state index in [1.54, 1.807) is 20.8 Å². The van der Waals surface area contributed by atoms with E-state index in [4.69, 9.17) is 4.74 Å². The van der Waals surface area contributed by atoms with Crippen molar-refractivity contribution in [3.8, 4) is 0 Å². The van der Waals surface area contributed by atoms with E-state index in [1.807, 2.05) is 30.3 Å². The average Bonchev–Trinajstić information content (AvgIpc) is 2.43. The van der Waals surface area contributed by atoms with E-state index in [1.165, 1.54) is 6.92 Å². The van der Waals surface area contributed by atoms with Crippen molar-refractivity contribution in [1.29, 1.82) is 0 Å². The number of hydrogen-bond acceptors (Lipinski definition) is 5. The Morgan fingerprint density at radius 1 is 1.17 bits per heavy atom. The van der Waals surface area contributed by atoms with E-state index in [-0.39, 0.29) is 17.6 Å². The molecule has 1 amide bonds. The molecule has 0 aromatic heterocycles. The number of benzene rings is 1. The zero-order valence-corrected chi connectivity index (χ0v) is 14.7. The fraction of sp³-hybridized carbons (Fsp3) is 0.471. The van der Waals surface area contributed by atoms with Gasteiger partial charge in [-0.15, -0.1) is 0 Å². The van der Waals surface area contributed by atoms with Crippen molar-refractivity contribution >= 4 is 28.8 Å². The number of hydrogen-bond donors (Lipinski definition) is 1. The molecule has 0 spiro atoms. The maximum atomic E-state index is 12.3. The standard InChI is InChI=1S/C17H23NO4S/c1-12(19)23-14(10-13-8-6-5-7-9-13)16(21)18-11-15(20)22-17(2,3)4/h5-9,14H,10-11H2,1-4H3,(H,18,21). The fourth-order valence-corrected chi connectivity index (χ4v) is 2.73. The first kappa shape index (κ1) is 19.2. The van der Waals surface area contributed by atoms with Crippen molar-refractivity contribution in [3.63, 3.8) is 0 Å². The molecule has 126 valence electrons. The molecule has 0 aliphatic heterocycles. The summed E-state index contributed by atoms with van der Waals surface area (Å²) in [6.45, 7) is 6.49. The molecule has 0 aliphatic rings. The molecule has 0 fully saturated rings. The highest BCUT2D eigenvalue weighted by molar-refractivity contribution is 8.14. The predicted octanol–water partition coefficient (Wildman–Crippen LogP) is 2.34. The molecule has 0 saturated carbocycles. The van der Waals surface area contributed by atoms with Crippen molar-refractivity contribution in [1.82, 2.24) is 5.32 Å². The van der Waals surface area contributed by atoms with Crippen LogP contribution in [-0.2, 0) is 25.5 Å². The number of thioether (sulfide) groups is 1. The first-order valence-electron chi connectivity index (χ1n) is 7.38. The highest BCUT2D eigenvalue weighted by atomic mass is 32.2. The zero-order chi connectivity index (χ0) is 17.5. The second-order valence-corrected chi connectivity index (χ2v) is 7.47. The van der Waals surface area contributed by atoms with Gasteiger partial charge in [-0.3, -0.25) is 14.4 Å². The normalized spacial score (nSPS) is 12.3. The lowest BCUT2D eigenvalue weighted by atomic mass is 10.1. The van der Waals surface area contributed by atoms with Crippen molar-refractivity contribution in [3.05, 3.63) is 35.9 Å². The van der Waals surface area contributed by atoms with E-state index >= 15 is 0 Å². The number of nitrogens with one attached hydrogen (secondary N) is 1. The monoisotopic (exact) mass is 337 g/mol. The summed E-state index contributed by atoms with van der Waals surface area (Å²) in [5.74, 6) is -0.850. The van der Waals surface area contributed by atoms with Gasteiger partial charge in [0, 0.05) is 6.92 Å². The van der Waals surface area contributed by atoms with Gasteiger partial charge >= 0.3 is 5.97 Å². The number of esters is 1. The largest absolute Gasteiger partial charge is 0.459 e. The second kappa shape index (κ2) is 8.72. The summed E-state index contributed by atoms with van der Waals surface area (Å²) in [7, 11) is 0. The first-order chi connectivity index (χ1) is 10.7. The maximum Gasteiger partial charge on any atom is 0.325 e. The molecular weight excluding hydrogens is 314 g/mol. The van der Waals surface area contributed by atoms with Crippen LogP contribution in [0.25, 0.3) is 0 Å². The minimum absolute atomic E-state index is 0.140. The van der Waals surface area contributed by atoms with Gasteiger partial charge in [0.1, 0.15) is 12.1 Å². The van der Waals surface area contributed by atoms with Crippen LogP contribution >= 0.6 is 11.8 Å². The Labute approximate surface area is 141 Å². The van der Waals surface area contributed by atoms with Crippen LogP contribution in [0.2, 0.25) is 0 Å². The predicted molar refractivity (Wildman–Crippen MR) is 91.1 cm³/mol. The minimum Gasteiger partial charge on any atom is -0.459 e. The summed E-state index contributed by atoms with van der Waals surface area (Å²) in [5, 5.41) is 1.83. The van der Waals surface area contributed by atoms with E-state index in [2.05, 4.69) is 5.32 Å². The average molecular weight is 337 g/mol. The van der Waals surface area contributed by atoms with Crippen molar-refractivity contribution < 1.29 is 19.1 Å². The number of ether oxygens (including phenoxy) is 1. The molecule has 1 rings (SSSR count). The van der Waals surface area contributed by atoms with Gasteiger partial charge in [-0.1, -0.05) is 42.1 Å². The maximum absolute atomic E-state index is 12.3. The lowest BCUT2D eigenvalue weighted by molar-refractivity contribution is -0.154. The molecule has 23 heavy (non-hydrogen) atoms. The number of carbonyl (C=O) groups excluding carboxylic acids is 3. The summed E-state index contributed by atoms with van der Waals surface area (Å²) >= 11 is 0.964. The highest BCUT2D eigenvalue weighted by Gasteiger charge is 2.23. The van der Waals surface area contributed by atoms with E-state index < -0.39 is 16.8 Å². The number of amides is 1. The van der Waals surface area contributed by atoms with Crippen molar-refractivity contribution in [2.24, 2.45) is 0 Å². The molecule has 0 bridgehead atoms. The summed E-state index contributed by atoms with van der Waals surface area (Å²) in [5.41, 5.74) is 0.359. The Kier molecular flexibility index (Phi) is 7.29. The Hall–Kier alpha value is -1.82. The third kappa shape index (κ3) is 8.40. The van der Waals surface area contributed by atoms with E-state index in [0.29, 0.717) is 6.42 Å². The summed E-state index contributed by atoms with van der Waals surface area (Å²) < 4.78 is 5.14. The van der Waals surface area contributed by atoms with Crippen LogP contribution < -0.4 is 5.32 Å². The molecule has 0 heterocycles. The van der Waals surface area contributed by atoms with Gasteiger partial charge in [-0.05, 0) is 32.8 Å². The van der Waals surface area contributed by atoms with Crippen LogP contribution in [-0.4, -0.2) is 34.4 Å². The molecule has 5 nitrogen and oxygen atoms in total. The van der Waals surface area contributed by atoms with Crippen LogP contribution in [0.1, 0.15) is 33.3 Å². The molecule has 1 atom stereocenters. The number of rotatable bonds is 6. The van der Waals surface area contributed by atoms with Crippen LogP contribution in [0.5, 0.6) is 0 Å². The zero-order valence-electron chi connectivity index (χ0n) is 13.9. The highest BCUT2D eigenvalue weighted by Crippen LogP contribution is 2.17. The molecule has 6 heteroatoms. The second-order valence-electron chi connectivity index (χ2n) is 6.09. The molecule has 0 radical (unpaired) electrons. The minimum atomic E-state index is -0.598. The summed E-state index contributed by atoms with van der Waals surface area (Å²) in [4.78, 5) is 35.3. The van der Waals surface area contributed by atoms with Crippen molar-refractivity contribution in [2.45, 2.75) is 45.0 Å². The van der Waals surface area contributed by atoms with Gasteiger partial charge in [0.05, 0.1) is 5.25 Å². The Morgan fingerprint density at radius 2 is 1.78 bits per heavy atom. The molecule has 1 N–H and O–H groups in total. The molecule has 1 unspecified atom stereocenters. The SMILES string of the molecule is CC(=O)SC(Cc1ccccc1)C(=O)NCC(=O)OC(C)(C)C. The summed E-state index contributed by atoms with van der Waals surface area (Å²) in [6, 6.07) is 9.44. The van der Waals surface area contributed by atoms with Crippen molar-refractivity contribution in [2.75, 3.05) is 6.54 Å². The van der Waals surface area contributed by atoms with E-state index in [0.717, 1.165) is 17.3 Å². The van der Waals surface area contributed by atoms with Gasteiger partial charge in [-0.25, -0.2) is 0 Å². The number of carbonyl (C=O) groups is 3. The third-order valence-corrected chi connectivity index (χ3v) is 3.69. The van der Waals surface area contributed by atoms with Gasteiger partial charge in [0.2, 0.25) is 5.91 Å². The molecule has 1 aromatic rings. The van der Waals surface area contributed by atoms with E-state index in [9.17, 15) is 14.4 Å². The topological polar surface area (TPSA) is 72.5 Å². The third-order valence-electron chi connectivity index (χ3n) is 2.69. The summed E-state index contributed by atoms with van der Waals surface area (Å²) in [6.07, 6.45) is 0.422.